The highest BCUT2D eigenvalue weighted by molar-refractivity contribution is 7.18. The molecule has 0 radical (unpaired) electrons. The van der Waals surface area contributed by atoms with E-state index in [-0.39, 0.29) is 5.91 Å². The number of nitrogens with zero attached hydrogens (tertiary/aromatic N) is 2. The van der Waals surface area contributed by atoms with Gasteiger partial charge < -0.3 is 10.1 Å². The Kier molecular flexibility index (Phi) is 6.33. The summed E-state index contributed by atoms with van der Waals surface area (Å²) in [5.74, 6) is 0.808. The molecule has 5 nitrogen and oxygen atoms in total. The van der Waals surface area contributed by atoms with Gasteiger partial charge in [-0.25, -0.2) is 0 Å². The molecule has 2 rings (SSSR count). The Labute approximate surface area is 134 Å². The Morgan fingerprint density at radius 3 is 2.64 bits per heavy atom. The van der Waals surface area contributed by atoms with Gasteiger partial charge in [-0.3, -0.25) is 4.79 Å². The van der Waals surface area contributed by atoms with Crippen LogP contribution in [0.2, 0.25) is 0 Å². The van der Waals surface area contributed by atoms with Crippen molar-refractivity contribution < 1.29 is 9.53 Å². The smallest absolute Gasteiger partial charge is 0.226 e. The molecule has 22 heavy (non-hydrogen) atoms. The van der Waals surface area contributed by atoms with Crippen molar-refractivity contribution in [1.82, 2.24) is 10.2 Å². The van der Waals surface area contributed by atoms with E-state index in [4.69, 9.17) is 4.74 Å². The van der Waals surface area contributed by atoms with Crippen molar-refractivity contribution in [2.24, 2.45) is 0 Å². The summed E-state index contributed by atoms with van der Waals surface area (Å²) in [5, 5.41) is 12.3. The normalized spacial score (nSPS) is 10.5. The lowest BCUT2D eigenvalue weighted by Crippen LogP contribution is -2.10. The van der Waals surface area contributed by atoms with Crippen molar-refractivity contribution in [2.75, 3.05) is 12.4 Å². The minimum Gasteiger partial charge on any atom is -0.497 e. The molecule has 118 valence electrons. The largest absolute Gasteiger partial charge is 0.497 e. The Hall–Kier alpha value is -1.95. The summed E-state index contributed by atoms with van der Waals surface area (Å²) < 4.78 is 5.13. The number of carbonyl (C=O) groups is 1. The van der Waals surface area contributed by atoms with Crippen molar-refractivity contribution in [3.05, 3.63) is 24.3 Å². The third-order valence-electron chi connectivity index (χ3n) is 3.27. The quantitative estimate of drug-likeness (QED) is 0.743. The topological polar surface area (TPSA) is 64.1 Å². The van der Waals surface area contributed by atoms with Gasteiger partial charge >= 0.3 is 0 Å². The van der Waals surface area contributed by atoms with Crippen LogP contribution in [0.3, 0.4) is 0 Å². The van der Waals surface area contributed by atoms with E-state index in [1.807, 2.05) is 24.3 Å². The Bertz CT molecular complexity index is 596. The Morgan fingerprint density at radius 2 is 1.95 bits per heavy atom. The zero-order valence-electron chi connectivity index (χ0n) is 13.0. The van der Waals surface area contributed by atoms with E-state index in [2.05, 4.69) is 22.4 Å². The highest BCUT2D eigenvalue weighted by atomic mass is 32.1. The first-order valence-electron chi connectivity index (χ1n) is 7.50. The minimum atomic E-state index is 0.00790. The molecule has 1 aromatic carbocycles. The Morgan fingerprint density at radius 1 is 1.18 bits per heavy atom. The van der Waals surface area contributed by atoms with Crippen LogP contribution in [-0.4, -0.2) is 23.2 Å². The number of ether oxygens (including phenoxy) is 1. The van der Waals surface area contributed by atoms with Crippen molar-refractivity contribution >= 4 is 22.4 Å². The molecule has 0 atom stereocenters. The van der Waals surface area contributed by atoms with Crippen LogP contribution in [-0.2, 0) is 4.79 Å². The van der Waals surface area contributed by atoms with Crippen LogP contribution >= 0.6 is 11.3 Å². The molecule has 1 heterocycles. The molecule has 1 aromatic heterocycles. The summed E-state index contributed by atoms with van der Waals surface area (Å²) in [6.07, 6.45) is 4.90. The monoisotopic (exact) mass is 319 g/mol. The molecule has 0 spiro atoms. The predicted molar refractivity (Wildman–Crippen MR) is 89.3 cm³/mol. The summed E-state index contributed by atoms with van der Waals surface area (Å²) >= 11 is 1.38. The number of rotatable bonds is 8. The number of unbranched alkanes of at least 4 members (excludes halogenated alkanes) is 3. The third kappa shape index (κ3) is 4.80. The lowest BCUT2D eigenvalue weighted by atomic mass is 10.1. The van der Waals surface area contributed by atoms with Gasteiger partial charge in [0.15, 0.2) is 0 Å². The highest BCUT2D eigenvalue weighted by Gasteiger charge is 2.09. The molecule has 0 bridgehead atoms. The van der Waals surface area contributed by atoms with Gasteiger partial charge in [-0.05, 0) is 30.7 Å². The van der Waals surface area contributed by atoms with Gasteiger partial charge in [0.1, 0.15) is 10.8 Å². The second-order valence-electron chi connectivity index (χ2n) is 5.00. The number of carbonyl (C=O) groups excluding carboxylic acids is 1. The molecule has 0 saturated carbocycles. The van der Waals surface area contributed by atoms with Crippen molar-refractivity contribution in [3.63, 3.8) is 0 Å². The van der Waals surface area contributed by atoms with Crippen LogP contribution < -0.4 is 10.1 Å². The average molecular weight is 319 g/mol. The molecular weight excluding hydrogens is 298 g/mol. The number of benzene rings is 1. The first-order chi connectivity index (χ1) is 10.7. The maximum absolute atomic E-state index is 11.8. The van der Waals surface area contributed by atoms with Gasteiger partial charge in [0.25, 0.3) is 0 Å². The molecule has 1 N–H and O–H groups in total. The van der Waals surface area contributed by atoms with Crippen LogP contribution in [0.1, 0.15) is 39.0 Å². The number of aromatic nitrogens is 2. The number of methoxy groups -OCH3 is 1. The van der Waals surface area contributed by atoms with Gasteiger partial charge in [-0.2, -0.15) is 0 Å². The van der Waals surface area contributed by atoms with Crippen LogP contribution in [0.4, 0.5) is 5.13 Å². The average Bonchev–Trinajstić information content (AvgIpc) is 3.00. The summed E-state index contributed by atoms with van der Waals surface area (Å²) in [6, 6.07) is 7.61. The number of nitrogens with one attached hydrogen (secondary N) is 1. The van der Waals surface area contributed by atoms with E-state index in [1.54, 1.807) is 7.11 Å². The molecule has 6 heteroatoms. The fourth-order valence-corrected chi connectivity index (χ4v) is 2.78. The third-order valence-corrected chi connectivity index (χ3v) is 4.15. The molecule has 0 fully saturated rings. The highest BCUT2D eigenvalue weighted by Crippen LogP contribution is 2.27. The van der Waals surface area contributed by atoms with Gasteiger partial charge in [-0.1, -0.05) is 37.5 Å². The van der Waals surface area contributed by atoms with E-state index in [0.29, 0.717) is 11.6 Å². The zero-order valence-corrected chi connectivity index (χ0v) is 13.8. The van der Waals surface area contributed by atoms with E-state index in [0.717, 1.165) is 29.2 Å². The summed E-state index contributed by atoms with van der Waals surface area (Å²) in [6.45, 7) is 2.15. The maximum Gasteiger partial charge on any atom is 0.226 e. The van der Waals surface area contributed by atoms with E-state index < -0.39 is 0 Å². The first-order valence-corrected chi connectivity index (χ1v) is 8.32. The number of hydrogen-bond acceptors (Lipinski definition) is 5. The molecule has 0 unspecified atom stereocenters. The molecule has 0 aliphatic carbocycles. The van der Waals surface area contributed by atoms with Crippen molar-refractivity contribution in [1.29, 1.82) is 0 Å². The molecule has 0 aliphatic rings. The second-order valence-corrected chi connectivity index (χ2v) is 5.98. The predicted octanol–water partition coefficient (Wildman–Crippen LogP) is 4.12. The van der Waals surface area contributed by atoms with Crippen LogP contribution in [0.5, 0.6) is 5.75 Å². The lowest BCUT2D eigenvalue weighted by molar-refractivity contribution is -0.116. The van der Waals surface area contributed by atoms with Crippen molar-refractivity contribution in [2.45, 2.75) is 39.0 Å². The molecule has 1 amide bonds. The van der Waals surface area contributed by atoms with Gasteiger partial charge in [-0.15, -0.1) is 10.2 Å². The van der Waals surface area contributed by atoms with Crippen LogP contribution in [0, 0.1) is 0 Å². The zero-order chi connectivity index (χ0) is 15.8. The van der Waals surface area contributed by atoms with Gasteiger partial charge in [0.05, 0.1) is 7.11 Å². The Balaban J connectivity index is 1.89. The standard InChI is InChI=1S/C16H21N3O2S/c1-3-4-5-6-7-14(20)17-16-19-18-15(22-16)12-8-10-13(21-2)11-9-12/h8-11H,3-7H2,1-2H3,(H,17,19,20). The fraction of sp³-hybridized carbons (Fsp3) is 0.438. The maximum atomic E-state index is 11.8. The second kappa shape index (κ2) is 8.48. The van der Waals surface area contributed by atoms with Crippen molar-refractivity contribution in [3.8, 4) is 16.3 Å². The number of hydrogen-bond donors (Lipinski definition) is 1. The first kappa shape index (κ1) is 16.4. The van der Waals surface area contributed by atoms with Crippen LogP contribution in [0.15, 0.2) is 24.3 Å². The lowest BCUT2D eigenvalue weighted by Gasteiger charge is -2.00. The number of anilines is 1. The van der Waals surface area contributed by atoms with Gasteiger partial charge in [0.2, 0.25) is 11.0 Å². The molecular formula is C16H21N3O2S. The molecule has 0 saturated heterocycles. The molecule has 2 aromatic rings. The van der Waals surface area contributed by atoms with Crippen LogP contribution in [0.25, 0.3) is 10.6 Å². The minimum absolute atomic E-state index is 0.00790. The molecule has 0 aliphatic heterocycles. The number of amides is 1. The summed E-state index contributed by atoms with van der Waals surface area (Å²) in [4.78, 5) is 11.8. The summed E-state index contributed by atoms with van der Waals surface area (Å²) in [5.41, 5.74) is 0.960. The van der Waals surface area contributed by atoms with E-state index >= 15 is 0 Å². The van der Waals surface area contributed by atoms with E-state index in [1.165, 1.54) is 24.2 Å². The van der Waals surface area contributed by atoms with E-state index in [9.17, 15) is 4.79 Å². The van der Waals surface area contributed by atoms with Gasteiger partial charge in [0, 0.05) is 12.0 Å². The SMILES string of the molecule is CCCCCCC(=O)Nc1nnc(-c2ccc(OC)cc2)s1. The summed E-state index contributed by atoms with van der Waals surface area (Å²) in [7, 11) is 1.63. The fourth-order valence-electron chi connectivity index (χ4n) is 2.02.